The van der Waals surface area contributed by atoms with Crippen molar-refractivity contribution in [3.8, 4) is 0 Å². The number of imide groups is 1. The lowest BCUT2D eigenvalue weighted by Gasteiger charge is -2.23. The Hall–Kier alpha value is -2.78. The number of esters is 1. The molecule has 0 spiro atoms. The van der Waals surface area contributed by atoms with Gasteiger partial charge >= 0.3 is 11.9 Å². The predicted molar refractivity (Wildman–Crippen MR) is 95.5 cm³/mol. The molecule has 3 atom stereocenters. The van der Waals surface area contributed by atoms with Gasteiger partial charge in [-0.15, -0.1) is 0 Å². The summed E-state index contributed by atoms with van der Waals surface area (Å²) in [7, 11) is 0. The second-order valence-corrected chi connectivity index (χ2v) is 6.60. The first-order valence-corrected chi connectivity index (χ1v) is 9.18. The quantitative estimate of drug-likeness (QED) is 0.493. The van der Waals surface area contributed by atoms with Crippen molar-refractivity contribution in [2.75, 3.05) is 13.2 Å². The smallest absolute Gasteiger partial charge is 0.326 e. The summed E-state index contributed by atoms with van der Waals surface area (Å²) in [5, 5.41) is 12.5. The number of rotatable bonds is 8. The molecule has 0 aromatic heterocycles. The van der Waals surface area contributed by atoms with E-state index in [-0.39, 0.29) is 36.7 Å². The third-order valence-electron chi connectivity index (χ3n) is 4.79. The molecule has 1 aromatic carbocycles. The summed E-state index contributed by atoms with van der Waals surface area (Å²) >= 11 is 0. The minimum absolute atomic E-state index is 0.0897. The van der Waals surface area contributed by atoms with E-state index in [2.05, 4.69) is 5.32 Å². The van der Waals surface area contributed by atoms with Gasteiger partial charge in [0.2, 0.25) is 0 Å². The third-order valence-corrected chi connectivity index (χ3v) is 4.79. The van der Waals surface area contributed by atoms with Gasteiger partial charge in [0, 0.05) is 0 Å². The van der Waals surface area contributed by atoms with Crippen LogP contribution in [-0.2, 0) is 19.1 Å². The number of hydrogen-bond acceptors (Lipinski definition) is 7. The van der Waals surface area contributed by atoms with Gasteiger partial charge in [0.15, 0.2) is 0 Å². The van der Waals surface area contributed by atoms with Crippen LogP contribution in [0.1, 0.15) is 46.9 Å². The van der Waals surface area contributed by atoms with Crippen molar-refractivity contribution < 1.29 is 33.8 Å². The first-order chi connectivity index (χ1) is 13.4. The van der Waals surface area contributed by atoms with Gasteiger partial charge in [0.1, 0.15) is 18.3 Å². The van der Waals surface area contributed by atoms with E-state index >= 15 is 0 Å². The molecule has 1 aromatic rings. The Balaban J connectivity index is 1.57. The maximum Gasteiger partial charge on any atom is 0.326 e. The maximum atomic E-state index is 12.5. The zero-order valence-corrected chi connectivity index (χ0v) is 15.4. The average molecular weight is 390 g/mol. The SMILES string of the molecule is CCOC(=O)[C@H]1COC(CCCC(C(=O)O)N2C(=O)c3ccccc3C2=O)N1. The molecule has 2 aliphatic heterocycles. The standard InChI is InChI=1S/C19H22N2O7/c1-2-27-19(26)13-10-28-15(20-13)9-5-8-14(18(24)25)21-16(22)11-6-3-4-7-12(11)17(21)23/h3-4,6-7,13-15,20H,2,5,8-10H2,1H3,(H,24,25)/t13-,14?,15?/m1/s1. The van der Waals surface area contributed by atoms with Gasteiger partial charge in [0.25, 0.3) is 11.8 Å². The average Bonchev–Trinajstić information content (AvgIpc) is 3.24. The fourth-order valence-corrected chi connectivity index (χ4v) is 3.43. The first kappa shape index (κ1) is 20.0. The Bertz CT molecular complexity index is 759. The van der Waals surface area contributed by atoms with E-state index in [4.69, 9.17) is 9.47 Å². The van der Waals surface area contributed by atoms with Gasteiger partial charge in [0.05, 0.1) is 24.3 Å². The van der Waals surface area contributed by atoms with Crippen molar-refractivity contribution in [1.29, 1.82) is 0 Å². The van der Waals surface area contributed by atoms with Crippen molar-refractivity contribution >= 4 is 23.8 Å². The van der Waals surface area contributed by atoms with Gasteiger partial charge in [-0.1, -0.05) is 12.1 Å². The lowest BCUT2D eigenvalue weighted by Crippen LogP contribution is -2.45. The maximum absolute atomic E-state index is 12.5. The van der Waals surface area contributed by atoms with E-state index in [1.807, 2.05) is 0 Å². The molecule has 2 unspecified atom stereocenters. The molecule has 1 saturated heterocycles. The number of benzene rings is 1. The van der Waals surface area contributed by atoms with Crippen molar-refractivity contribution in [3.63, 3.8) is 0 Å². The molecule has 1 fully saturated rings. The summed E-state index contributed by atoms with van der Waals surface area (Å²) in [5.41, 5.74) is 0.439. The first-order valence-electron chi connectivity index (χ1n) is 9.18. The summed E-state index contributed by atoms with van der Waals surface area (Å²) in [4.78, 5) is 49.2. The van der Waals surface area contributed by atoms with Crippen molar-refractivity contribution in [1.82, 2.24) is 10.2 Å². The molecule has 2 amide bonds. The molecule has 0 aliphatic carbocycles. The number of ether oxygens (including phenoxy) is 2. The second kappa shape index (κ2) is 8.49. The number of hydrogen-bond donors (Lipinski definition) is 2. The van der Waals surface area contributed by atoms with E-state index in [0.29, 0.717) is 12.8 Å². The molecular formula is C19H22N2O7. The van der Waals surface area contributed by atoms with E-state index in [1.54, 1.807) is 19.1 Å². The fraction of sp³-hybridized carbons (Fsp3) is 0.474. The second-order valence-electron chi connectivity index (χ2n) is 6.60. The molecule has 9 heteroatoms. The van der Waals surface area contributed by atoms with E-state index in [1.165, 1.54) is 12.1 Å². The highest BCUT2D eigenvalue weighted by Gasteiger charge is 2.42. The summed E-state index contributed by atoms with van der Waals surface area (Å²) in [6.45, 7) is 2.18. The lowest BCUT2D eigenvalue weighted by molar-refractivity contribution is -0.145. The molecule has 0 radical (unpaired) electrons. The number of fused-ring (bicyclic) bond motifs is 1. The Morgan fingerprint density at radius 3 is 2.50 bits per heavy atom. The highest BCUT2D eigenvalue weighted by atomic mass is 16.5. The van der Waals surface area contributed by atoms with Crippen LogP contribution in [0, 0.1) is 0 Å². The number of nitrogens with zero attached hydrogens (tertiary/aromatic N) is 1. The Kier molecular flexibility index (Phi) is 6.05. The van der Waals surface area contributed by atoms with Crippen LogP contribution in [0.2, 0.25) is 0 Å². The lowest BCUT2D eigenvalue weighted by atomic mass is 10.1. The van der Waals surface area contributed by atoms with Crippen LogP contribution in [0.25, 0.3) is 0 Å². The van der Waals surface area contributed by atoms with E-state index in [0.717, 1.165) is 4.90 Å². The van der Waals surface area contributed by atoms with Crippen LogP contribution in [0.3, 0.4) is 0 Å². The normalized spacial score (nSPS) is 22.2. The number of amides is 2. The van der Waals surface area contributed by atoms with Gasteiger partial charge in [-0.05, 0) is 38.3 Å². The number of carboxylic acids is 1. The third kappa shape index (κ3) is 3.90. The zero-order chi connectivity index (χ0) is 20.3. The van der Waals surface area contributed by atoms with Crippen molar-refractivity contribution in [2.24, 2.45) is 0 Å². The highest BCUT2D eigenvalue weighted by molar-refractivity contribution is 6.22. The van der Waals surface area contributed by atoms with Crippen LogP contribution >= 0.6 is 0 Å². The van der Waals surface area contributed by atoms with Gasteiger partial charge in [-0.25, -0.2) is 4.79 Å². The fourth-order valence-electron chi connectivity index (χ4n) is 3.43. The topological polar surface area (TPSA) is 122 Å². The summed E-state index contributed by atoms with van der Waals surface area (Å²) in [6, 6.07) is 4.49. The molecule has 0 saturated carbocycles. The predicted octanol–water partition coefficient (Wildman–Crippen LogP) is 0.784. The van der Waals surface area contributed by atoms with Crippen LogP contribution in [0.4, 0.5) is 0 Å². The molecule has 2 heterocycles. The zero-order valence-electron chi connectivity index (χ0n) is 15.4. The van der Waals surface area contributed by atoms with Gasteiger partial charge in [-0.2, -0.15) is 0 Å². The minimum Gasteiger partial charge on any atom is -0.480 e. The van der Waals surface area contributed by atoms with Gasteiger partial charge in [-0.3, -0.25) is 24.6 Å². The minimum atomic E-state index is -1.25. The van der Waals surface area contributed by atoms with Crippen LogP contribution in [-0.4, -0.2) is 65.3 Å². The largest absolute Gasteiger partial charge is 0.480 e. The number of carbonyl (C=O) groups excluding carboxylic acids is 3. The molecule has 150 valence electrons. The number of nitrogens with one attached hydrogen (secondary N) is 1. The Labute approximate surface area is 161 Å². The Morgan fingerprint density at radius 2 is 1.93 bits per heavy atom. The molecule has 3 rings (SSSR count). The highest BCUT2D eigenvalue weighted by Crippen LogP contribution is 2.26. The molecule has 0 bridgehead atoms. The van der Waals surface area contributed by atoms with Crippen LogP contribution in [0.5, 0.6) is 0 Å². The number of carbonyl (C=O) groups is 4. The summed E-state index contributed by atoms with van der Waals surface area (Å²) in [5.74, 6) is -2.81. The number of aliphatic carboxylic acids is 1. The van der Waals surface area contributed by atoms with E-state index < -0.39 is 36.1 Å². The molecular weight excluding hydrogens is 368 g/mol. The molecule has 2 N–H and O–H groups in total. The van der Waals surface area contributed by atoms with Crippen molar-refractivity contribution in [2.45, 2.75) is 44.5 Å². The van der Waals surface area contributed by atoms with Crippen molar-refractivity contribution in [3.05, 3.63) is 35.4 Å². The monoisotopic (exact) mass is 390 g/mol. The van der Waals surface area contributed by atoms with Crippen LogP contribution in [0.15, 0.2) is 24.3 Å². The van der Waals surface area contributed by atoms with Crippen LogP contribution < -0.4 is 5.32 Å². The number of carboxylic acid groups (broad SMARTS) is 1. The molecule has 28 heavy (non-hydrogen) atoms. The molecule has 2 aliphatic rings. The summed E-state index contributed by atoms with van der Waals surface area (Å²) in [6.07, 6.45) is 0.498. The molecule has 9 nitrogen and oxygen atoms in total. The summed E-state index contributed by atoms with van der Waals surface area (Å²) < 4.78 is 10.4. The van der Waals surface area contributed by atoms with Gasteiger partial charge < -0.3 is 14.6 Å². The Morgan fingerprint density at radius 1 is 1.29 bits per heavy atom. The van der Waals surface area contributed by atoms with E-state index in [9.17, 15) is 24.3 Å².